The van der Waals surface area contributed by atoms with Crippen molar-refractivity contribution in [2.75, 3.05) is 31.1 Å². The SMILES string of the molecule is Cc1noc(CN=C(N)N2CCN(c3ccc(F)cc3)CC2)n1. The Labute approximate surface area is 133 Å². The van der Waals surface area contributed by atoms with Crippen LogP contribution >= 0.6 is 0 Å². The molecule has 0 spiro atoms. The van der Waals surface area contributed by atoms with Crippen molar-refractivity contribution in [2.45, 2.75) is 13.5 Å². The number of piperazine rings is 1. The summed E-state index contributed by atoms with van der Waals surface area (Å²) < 4.78 is 18.0. The standard InChI is InChI=1S/C15H19FN6O/c1-11-19-14(23-20-11)10-18-15(17)22-8-6-21(7-9-22)13-4-2-12(16)3-5-13/h2-5H,6-10H2,1H3,(H2,17,18). The third kappa shape index (κ3) is 3.77. The number of benzene rings is 1. The molecule has 8 heteroatoms. The molecule has 2 heterocycles. The minimum atomic E-state index is -0.222. The Morgan fingerprint density at radius 2 is 1.96 bits per heavy atom. The van der Waals surface area contributed by atoms with Crippen LogP contribution in [0.5, 0.6) is 0 Å². The molecule has 1 aliphatic rings. The maximum atomic E-state index is 13.0. The lowest BCUT2D eigenvalue weighted by atomic mass is 10.2. The zero-order chi connectivity index (χ0) is 16.2. The smallest absolute Gasteiger partial charge is 0.248 e. The molecule has 0 unspecified atom stereocenters. The molecule has 0 radical (unpaired) electrons. The summed E-state index contributed by atoms with van der Waals surface area (Å²) in [5.41, 5.74) is 7.04. The van der Waals surface area contributed by atoms with Crippen LogP contribution in [0.1, 0.15) is 11.7 Å². The fourth-order valence-electron chi connectivity index (χ4n) is 2.50. The molecule has 0 saturated carbocycles. The number of nitrogens with zero attached hydrogens (tertiary/aromatic N) is 5. The number of halogens is 1. The van der Waals surface area contributed by atoms with Crippen LogP contribution in [-0.2, 0) is 6.54 Å². The molecule has 23 heavy (non-hydrogen) atoms. The van der Waals surface area contributed by atoms with E-state index in [9.17, 15) is 4.39 Å². The monoisotopic (exact) mass is 318 g/mol. The number of aryl methyl sites for hydroxylation is 1. The summed E-state index contributed by atoms with van der Waals surface area (Å²) in [6.45, 7) is 5.17. The minimum absolute atomic E-state index is 0.222. The van der Waals surface area contributed by atoms with Gasteiger partial charge in [0, 0.05) is 31.9 Å². The summed E-state index contributed by atoms with van der Waals surface area (Å²) in [7, 11) is 0. The van der Waals surface area contributed by atoms with Gasteiger partial charge in [0.2, 0.25) is 5.89 Å². The molecule has 0 amide bonds. The number of anilines is 1. The average Bonchev–Trinajstić information content (AvgIpc) is 2.99. The Balaban J connectivity index is 1.54. The van der Waals surface area contributed by atoms with Gasteiger partial charge in [0.05, 0.1) is 0 Å². The number of hydrogen-bond donors (Lipinski definition) is 1. The third-order valence-electron chi connectivity index (χ3n) is 3.74. The van der Waals surface area contributed by atoms with Crippen molar-refractivity contribution < 1.29 is 8.91 Å². The van der Waals surface area contributed by atoms with Crippen molar-refractivity contribution in [3.05, 3.63) is 41.8 Å². The van der Waals surface area contributed by atoms with Gasteiger partial charge >= 0.3 is 0 Å². The minimum Gasteiger partial charge on any atom is -0.370 e. The number of aromatic nitrogens is 2. The first-order valence-electron chi connectivity index (χ1n) is 7.46. The molecule has 1 saturated heterocycles. The molecule has 1 aliphatic heterocycles. The molecule has 0 bridgehead atoms. The van der Waals surface area contributed by atoms with Crippen LogP contribution < -0.4 is 10.6 Å². The molecule has 1 aromatic carbocycles. The van der Waals surface area contributed by atoms with Gasteiger partial charge in [0.15, 0.2) is 11.8 Å². The van der Waals surface area contributed by atoms with Gasteiger partial charge in [-0.25, -0.2) is 9.38 Å². The molecule has 122 valence electrons. The summed E-state index contributed by atoms with van der Waals surface area (Å²) in [4.78, 5) is 12.6. The van der Waals surface area contributed by atoms with E-state index in [0.29, 0.717) is 17.7 Å². The van der Waals surface area contributed by atoms with Crippen LogP contribution in [0.25, 0.3) is 0 Å². The van der Waals surface area contributed by atoms with Crippen molar-refractivity contribution in [1.82, 2.24) is 15.0 Å². The van der Waals surface area contributed by atoms with E-state index in [1.54, 1.807) is 19.1 Å². The Morgan fingerprint density at radius 3 is 2.57 bits per heavy atom. The van der Waals surface area contributed by atoms with Gasteiger partial charge in [0.25, 0.3) is 0 Å². The number of guanidine groups is 1. The summed E-state index contributed by atoms with van der Waals surface area (Å²) >= 11 is 0. The van der Waals surface area contributed by atoms with Crippen molar-refractivity contribution in [3.63, 3.8) is 0 Å². The van der Waals surface area contributed by atoms with Crippen molar-refractivity contribution in [3.8, 4) is 0 Å². The van der Waals surface area contributed by atoms with Gasteiger partial charge in [-0.15, -0.1) is 0 Å². The topological polar surface area (TPSA) is 83.8 Å². The van der Waals surface area contributed by atoms with Gasteiger partial charge in [-0.2, -0.15) is 4.98 Å². The molecule has 1 fully saturated rings. The summed E-state index contributed by atoms with van der Waals surface area (Å²) in [6, 6.07) is 6.54. The van der Waals surface area contributed by atoms with Crippen molar-refractivity contribution >= 4 is 11.6 Å². The Kier molecular flexibility index (Phi) is 4.40. The van der Waals surface area contributed by atoms with Crippen molar-refractivity contribution in [1.29, 1.82) is 0 Å². The lowest BCUT2D eigenvalue weighted by Crippen LogP contribution is -2.51. The second-order valence-corrected chi connectivity index (χ2v) is 5.36. The highest BCUT2D eigenvalue weighted by atomic mass is 19.1. The molecular formula is C15H19FN6O. The van der Waals surface area contributed by atoms with Gasteiger partial charge in [-0.1, -0.05) is 5.16 Å². The van der Waals surface area contributed by atoms with Crippen LogP contribution in [-0.4, -0.2) is 47.2 Å². The molecule has 1 aromatic heterocycles. The van der Waals surface area contributed by atoms with Gasteiger partial charge in [-0.3, -0.25) is 0 Å². The quantitative estimate of drug-likeness (QED) is 0.675. The average molecular weight is 318 g/mol. The van der Waals surface area contributed by atoms with Crippen LogP contribution in [0.15, 0.2) is 33.8 Å². The predicted molar refractivity (Wildman–Crippen MR) is 84.5 cm³/mol. The van der Waals surface area contributed by atoms with E-state index >= 15 is 0 Å². The molecular weight excluding hydrogens is 299 g/mol. The molecule has 7 nitrogen and oxygen atoms in total. The molecule has 2 aromatic rings. The summed E-state index contributed by atoms with van der Waals surface area (Å²) in [6.07, 6.45) is 0. The van der Waals surface area contributed by atoms with E-state index in [1.165, 1.54) is 12.1 Å². The number of rotatable bonds is 3. The highest BCUT2D eigenvalue weighted by molar-refractivity contribution is 5.78. The second-order valence-electron chi connectivity index (χ2n) is 5.36. The van der Waals surface area contributed by atoms with Crippen LogP contribution in [0.3, 0.4) is 0 Å². The zero-order valence-electron chi connectivity index (χ0n) is 12.9. The second kappa shape index (κ2) is 6.64. The highest BCUT2D eigenvalue weighted by Crippen LogP contribution is 2.16. The predicted octanol–water partition coefficient (Wildman–Crippen LogP) is 1.15. The van der Waals surface area contributed by atoms with Gasteiger partial charge < -0.3 is 20.1 Å². The summed E-state index contributed by atoms with van der Waals surface area (Å²) in [5, 5.41) is 3.71. The van der Waals surface area contributed by atoms with E-state index in [4.69, 9.17) is 10.3 Å². The van der Waals surface area contributed by atoms with Crippen LogP contribution in [0.2, 0.25) is 0 Å². The maximum Gasteiger partial charge on any atom is 0.248 e. The Hall–Kier alpha value is -2.64. The molecule has 2 N–H and O–H groups in total. The fourth-order valence-corrected chi connectivity index (χ4v) is 2.50. The number of hydrogen-bond acceptors (Lipinski definition) is 5. The molecule has 0 atom stereocenters. The van der Waals surface area contributed by atoms with Gasteiger partial charge in [0.1, 0.15) is 12.4 Å². The van der Waals surface area contributed by atoms with Crippen LogP contribution in [0, 0.1) is 12.7 Å². The van der Waals surface area contributed by atoms with E-state index < -0.39 is 0 Å². The van der Waals surface area contributed by atoms with Crippen LogP contribution in [0.4, 0.5) is 10.1 Å². The van der Waals surface area contributed by atoms with E-state index in [-0.39, 0.29) is 12.4 Å². The third-order valence-corrected chi connectivity index (χ3v) is 3.74. The summed E-state index contributed by atoms with van der Waals surface area (Å²) in [5.74, 6) is 1.29. The maximum absolute atomic E-state index is 13.0. The van der Waals surface area contributed by atoms with Gasteiger partial charge in [-0.05, 0) is 31.2 Å². The normalized spacial score (nSPS) is 16.0. The zero-order valence-corrected chi connectivity index (χ0v) is 12.9. The largest absolute Gasteiger partial charge is 0.370 e. The highest BCUT2D eigenvalue weighted by Gasteiger charge is 2.18. The number of nitrogens with two attached hydrogens (primary N) is 1. The first-order chi connectivity index (χ1) is 11.1. The lowest BCUT2D eigenvalue weighted by Gasteiger charge is -2.36. The molecule has 3 rings (SSSR count). The first kappa shape index (κ1) is 15.3. The Bertz CT molecular complexity index is 676. The Morgan fingerprint density at radius 1 is 1.26 bits per heavy atom. The van der Waals surface area contributed by atoms with E-state index in [1.807, 2.05) is 4.90 Å². The van der Waals surface area contributed by atoms with Crippen molar-refractivity contribution in [2.24, 2.45) is 10.7 Å². The van der Waals surface area contributed by atoms with E-state index in [0.717, 1.165) is 31.9 Å². The molecule has 0 aliphatic carbocycles. The first-order valence-corrected chi connectivity index (χ1v) is 7.46. The number of aliphatic imine (C=N–C) groups is 1. The fraction of sp³-hybridized carbons (Fsp3) is 0.400. The van der Waals surface area contributed by atoms with E-state index in [2.05, 4.69) is 20.0 Å². The lowest BCUT2D eigenvalue weighted by molar-refractivity contribution is 0.368.